The second-order valence-corrected chi connectivity index (χ2v) is 5.29. The van der Waals surface area contributed by atoms with Crippen molar-refractivity contribution in [2.24, 2.45) is 23.7 Å². The van der Waals surface area contributed by atoms with E-state index in [0.717, 1.165) is 23.7 Å². The largest absolute Gasteiger partial charge is 0.0628 e. The Bertz CT molecular complexity index is 120. The molecule has 72 valence electrons. The zero-order valence-corrected chi connectivity index (χ0v) is 9.14. The molecule has 0 radical (unpaired) electrons. The average molecular weight is 168 g/mol. The predicted molar refractivity (Wildman–Crippen MR) is 55.1 cm³/mol. The fourth-order valence-electron chi connectivity index (χ4n) is 2.26. The van der Waals surface area contributed by atoms with Gasteiger partial charge in [-0.1, -0.05) is 40.5 Å². The lowest BCUT2D eigenvalue weighted by Gasteiger charge is -2.37. The Hall–Kier alpha value is 0. The third kappa shape index (κ3) is 2.80. The van der Waals surface area contributed by atoms with Gasteiger partial charge in [0.05, 0.1) is 0 Å². The molecule has 0 heteroatoms. The summed E-state index contributed by atoms with van der Waals surface area (Å²) in [6.45, 7) is 9.48. The molecule has 0 N–H and O–H groups in total. The van der Waals surface area contributed by atoms with Crippen molar-refractivity contribution in [3.8, 4) is 0 Å². The number of hydrogen-bond acceptors (Lipinski definition) is 0. The van der Waals surface area contributed by atoms with Gasteiger partial charge in [-0.3, -0.25) is 0 Å². The van der Waals surface area contributed by atoms with Gasteiger partial charge < -0.3 is 0 Å². The topological polar surface area (TPSA) is 0 Å². The highest BCUT2D eigenvalue weighted by Crippen LogP contribution is 2.40. The van der Waals surface area contributed by atoms with Gasteiger partial charge in [0.25, 0.3) is 0 Å². The van der Waals surface area contributed by atoms with Gasteiger partial charge in [-0.2, -0.15) is 0 Å². The minimum Gasteiger partial charge on any atom is -0.0628 e. The molecule has 1 rings (SSSR count). The Kier molecular flexibility index (Phi) is 3.61. The summed E-state index contributed by atoms with van der Waals surface area (Å²) < 4.78 is 0. The van der Waals surface area contributed by atoms with Gasteiger partial charge in [-0.25, -0.2) is 0 Å². The minimum atomic E-state index is 0.893. The highest BCUT2D eigenvalue weighted by Gasteiger charge is 2.29. The van der Waals surface area contributed by atoms with E-state index in [1.54, 1.807) is 0 Å². The highest BCUT2D eigenvalue weighted by atomic mass is 14.3. The first-order chi connectivity index (χ1) is 5.59. The monoisotopic (exact) mass is 168 g/mol. The normalized spacial score (nSPS) is 31.8. The Balaban J connectivity index is 2.08. The van der Waals surface area contributed by atoms with Crippen LogP contribution in [0.15, 0.2) is 0 Å². The second-order valence-electron chi connectivity index (χ2n) is 5.29. The zero-order chi connectivity index (χ0) is 9.14. The second kappa shape index (κ2) is 4.30. The lowest BCUT2D eigenvalue weighted by Crippen LogP contribution is -2.27. The Labute approximate surface area is 77.7 Å². The van der Waals surface area contributed by atoms with E-state index in [4.69, 9.17) is 0 Å². The minimum absolute atomic E-state index is 0.893. The third-order valence-electron chi connectivity index (χ3n) is 3.41. The van der Waals surface area contributed by atoms with Crippen LogP contribution < -0.4 is 0 Å². The molecule has 0 heterocycles. The molecule has 12 heavy (non-hydrogen) atoms. The van der Waals surface area contributed by atoms with Gasteiger partial charge in [0, 0.05) is 0 Å². The van der Waals surface area contributed by atoms with Crippen molar-refractivity contribution < 1.29 is 0 Å². The van der Waals surface area contributed by atoms with Crippen LogP contribution in [0, 0.1) is 23.7 Å². The van der Waals surface area contributed by atoms with E-state index in [1.165, 1.54) is 25.7 Å². The highest BCUT2D eigenvalue weighted by molar-refractivity contribution is 4.80. The maximum Gasteiger partial charge on any atom is -0.0383 e. The van der Waals surface area contributed by atoms with E-state index < -0.39 is 0 Å². The van der Waals surface area contributed by atoms with Crippen LogP contribution in [-0.4, -0.2) is 0 Å². The molecular weight excluding hydrogens is 144 g/mol. The average Bonchev–Trinajstić information content (AvgIpc) is 1.94. The van der Waals surface area contributed by atoms with Crippen LogP contribution in [0.3, 0.4) is 0 Å². The smallest absolute Gasteiger partial charge is 0.0383 e. The molecule has 0 nitrogen and oxygen atoms in total. The van der Waals surface area contributed by atoms with E-state index in [2.05, 4.69) is 27.7 Å². The van der Waals surface area contributed by atoms with Crippen LogP contribution >= 0.6 is 0 Å². The molecule has 0 saturated heterocycles. The van der Waals surface area contributed by atoms with Crippen LogP contribution in [0.4, 0.5) is 0 Å². The van der Waals surface area contributed by atoms with Gasteiger partial charge in [0.1, 0.15) is 0 Å². The fourth-order valence-corrected chi connectivity index (χ4v) is 2.26. The molecule has 1 fully saturated rings. The Morgan fingerprint density at radius 3 is 2.08 bits per heavy atom. The van der Waals surface area contributed by atoms with E-state index in [1.807, 2.05) is 0 Å². The van der Waals surface area contributed by atoms with Crippen molar-refractivity contribution in [2.45, 2.75) is 53.4 Å². The van der Waals surface area contributed by atoms with Gasteiger partial charge in [-0.05, 0) is 36.5 Å². The molecule has 0 aromatic rings. The molecule has 0 aliphatic heterocycles. The fraction of sp³-hybridized carbons (Fsp3) is 1.00. The molecule has 1 saturated carbocycles. The van der Waals surface area contributed by atoms with Gasteiger partial charge in [0.15, 0.2) is 0 Å². The molecule has 1 unspecified atom stereocenters. The van der Waals surface area contributed by atoms with Crippen LogP contribution in [0.25, 0.3) is 0 Å². The SMILES string of the molecule is CC(C)CCC(C)C1CC(C)C1. The van der Waals surface area contributed by atoms with E-state index in [-0.39, 0.29) is 0 Å². The zero-order valence-electron chi connectivity index (χ0n) is 9.14. The maximum atomic E-state index is 2.44. The summed E-state index contributed by atoms with van der Waals surface area (Å²) in [5, 5.41) is 0. The number of hydrogen-bond donors (Lipinski definition) is 0. The first-order valence-electron chi connectivity index (χ1n) is 5.59. The molecule has 0 bridgehead atoms. The quantitative estimate of drug-likeness (QED) is 0.592. The molecule has 0 amide bonds. The van der Waals surface area contributed by atoms with Crippen molar-refractivity contribution in [1.82, 2.24) is 0 Å². The van der Waals surface area contributed by atoms with E-state index in [0.29, 0.717) is 0 Å². The summed E-state index contributed by atoms with van der Waals surface area (Å²) >= 11 is 0. The standard InChI is InChI=1S/C12H24/c1-9(2)5-6-11(4)12-7-10(3)8-12/h9-12H,5-8H2,1-4H3. The van der Waals surface area contributed by atoms with Gasteiger partial charge in [-0.15, -0.1) is 0 Å². The summed E-state index contributed by atoms with van der Waals surface area (Å²) in [4.78, 5) is 0. The lowest BCUT2D eigenvalue weighted by atomic mass is 9.68. The van der Waals surface area contributed by atoms with Crippen molar-refractivity contribution in [3.63, 3.8) is 0 Å². The predicted octanol–water partition coefficient (Wildman–Crippen LogP) is 4.10. The van der Waals surface area contributed by atoms with Crippen molar-refractivity contribution in [2.75, 3.05) is 0 Å². The van der Waals surface area contributed by atoms with Crippen molar-refractivity contribution >= 4 is 0 Å². The molecule has 1 aliphatic carbocycles. The molecular formula is C12H24. The molecule has 0 aromatic heterocycles. The number of rotatable bonds is 4. The Morgan fingerprint density at radius 1 is 1.08 bits per heavy atom. The molecule has 1 aliphatic rings. The first kappa shape index (κ1) is 10.1. The Morgan fingerprint density at radius 2 is 1.67 bits per heavy atom. The van der Waals surface area contributed by atoms with E-state index >= 15 is 0 Å². The van der Waals surface area contributed by atoms with Crippen LogP contribution in [-0.2, 0) is 0 Å². The van der Waals surface area contributed by atoms with Gasteiger partial charge in [0.2, 0.25) is 0 Å². The van der Waals surface area contributed by atoms with Gasteiger partial charge >= 0.3 is 0 Å². The molecule has 0 aromatic carbocycles. The van der Waals surface area contributed by atoms with Crippen molar-refractivity contribution in [1.29, 1.82) is 0 Å². The van der Waals surface area contributed by atoms with Crippen LogP contribution in [0.2, 0.25) is 0 Å². The molecule has 1 atom stereocenters. The summed E-state index contributed by atoms with van der Waals surface area (Å²) in [7, 11) is 0. The van der Waals surface area contributed by atoms with Crippen molar-refractivity contribution in [3.05, 3.63) is 0 Å². The summed E-state index contributed by atoms with van der Waals surface area (Å²) in [6.07, 6.45) is 5.87. The summed E-state index contributed by atoms with van der Waals surface area (Å²) in [5.74, 6) is 3.98. The lowest BCUT2D eigenvalue weighted by molar-refractivity contribution is 0.136. The van der Waals surface area contributed by atoms with Crippen LogP contribution in [0.1, 0.15) is 53.4 Å². The van der Waals surface area contributed by atoms with E-state index in [9.17, 15) is 0 Å². The summed E-state index contributed by atoms with van der Waals surface area (Å²) in [5.41, 5.74) is 0. The molecule has 0 spiro atoms. The third-order valence-corrected chi connectivity index (χ3v) is 3.41. The first-order valence-corrected chi connectivity index (χ1v) is 5.59. The van der Waals surface area contributed by atoms with Crippen LogP contribution in [0.5, 0.6) is 0 Å². The summed E-state index contributed by atoms with van der Waals surface area (Å²) in [6, 6.07) is 0. The maximum absolute atomic E-state index is 2.44.